The van der Waals surface area contributed by atoms with Gasteiger partial charge in [-0.1, -0.05) is 18.6 Å². The molecule has 84 valence electrons. The molecule has 0 radical (unpaired) electrons. The predicted molar refractivity (Wildman–Crippen MR) is 59.3 cm³/mol. The summed E-state index contributed by atoms with van der Waals surface area (Å²) in [7, 11) is 3.63. The molecule has 1 unspecified atom stereocenters. The largest absolute Gasteiger partial charge is 0.356 e. The van der Waals surface area contributed by atoms with Crippen LogP contribution in [0.5, 0.6) is 0 Å². The zero-order valence-electron chi connectivity index (χ0n) is 9.80. The van der Waals surface area contributed by atoms with Gasteiger partial charge in [-0.15, -0.1) is 0 Å². The smallest absolute Gasteiger partial charge is 0.160 e. The molecule has 3 heteroatoms. The van der Waals surface area contributed by atoms with Gasteiger partial charge in [0.05, 0.1) is 0 Å². The Balaban J connectivity index is 4.04. The first-order valence-electron chi connectivity index (χ1n) is 5.25. The van der Waals surface area contributed by atoms with Gasteiger partial charge in [0.2, 0.25) is 0 Å². The first-order chi connectivity index (χ1) is 6.78. The third-order valence-corrected chi connectivity index (χ3v) is 1.94. The second kappa shape index (κ2) is 9.19. The second-order valence-electron chi connectivity index (χ2n) is 3.13. The van der Waals surface area contributed by atoms with Crippen molar-refractivity contribution >= 4 is 0 Å². The average molecular weight is 201 g/mol. The van der Waals surface area contributed by atoms with E-state index >= 15 is 0 Å². The van der Waals surface area contributed by atoms with E-state index in [4.69, 9.17) is 9.47 Å². The monoisotopic (exact) mass is 201 g/mol. The Morgan fingerprint density at radius 2 is 2.14 bits per heavy atom. The molecule has 0 aliphatic carbocycles. The molecule has 0 aromatic carbocycles. The topological polar surface area (TPSA) is 30.5 Å². The van der Waals surface area contributed by atoms with E-state index in [1.807, 2.05) is 14.0 Å². The molecule has 0 saturated heterocycles. The summed E-state index contributed by atoms with van der Waals surface area (Å²) in [6, 6.07) is 0. The van der Waals surface area contributed by atoms with Gasteiger partial charge < -0.3 is 14.8 Å². The molecule has 0 aliphatic rings. The molecule has 0 aromatic heterocycles. The first-order valence-corrected chi connectivity index (χ1v) is 5.25. The Morgan fingerprint density at radius 3 is 2.57 bits per heavy atom. The SMILES string of the molecule is CC/C=C(/CNC)CC(OC)OCC. The van der Waals surface area contributed by atoms with Crippen LogP contribution in [-0.2, 0) is 9.47 Å². The molecule has 0 heterocycles. The Morgan fingerprint density at radius 1 is 1.43 bits per heavy atom. The minimum atomic E-state index is -0.105. The van der Waals surface area contributed by atoms with Gasteiger partial charge in [-0.05, 0) is 20.4 Å². The number of hydrogen-bond donors (Lipinski definition) is 1. The molecule has 0 fully saturated rings. The molecular formula is C11H23NO2. The van der Waals surface area contributed by atoms with Crippen molar-refractivity contribution in [3.05, 3.63) is 11.6 Å². The first kappa shape index (κ1) is 13.6. The standard InChI is InChI=1S/C11H23NO2/c1-5-7-10(9-12-3)8-11(13-4)14-6-2/h7,11-12H,5-6,8-9H2,1-4H3/b10-7+. The van der Waals surface area contributed by atoms with Gasteiger partial charge in [-0.2, -0.15) is 0 Å². The Hall–Kier alpha value is -0.380. The Kier molecular flexibility index (Phi) is 8.94. The van der Waals surface area contributed by atoms with Crippen molar-refractivity contribution in [2.24, 2.45) is 0 Å². The van der Waals surface area contributed by atoms with E-state index in [1.54, 1.807) is 7.11 Å². The van der Waals surface area contributed by atoms with Crippen LogP contribution in [0.3, 0.4) is 0 Å². The summed E-state index contributed by atoms with van der Waals surface area (Å²) in [6.45, 7) is 5.71. The molecule has 14 heavy (non-hydrogen) atoms. The zero-order chi connectivity index (χ0) is 10.8. The number of nitrogens with one attached hydrogen (secondary N) is 1. The van der Waals surface area contributed by atoms with Crippen LogP contribution in [0, 0.1) is 0 Å². The summed E-state index contributed by atoms with van der Waals surface area (Å²) in [6.07, 6.45) is 4.02. The van der Waals surface area contributed by atoms with E-state index in [1.165, 1.54) is 5.57 Å². The van der Waals surface area contributed by atoms with Crippen LogP contribution in [0.25, 0.3) is 0 Å². The van der Waals surface area contributed by atoms with Crippen molar-refractivity contribution in [1.29, 1.82) is 0 Å². The van der Waals surface area contributed by atoms with Crippen LogP contribution in [-0.4, -0.2) is 33.6 Å². The molecule has 0 aromatic rings. The fraction of sp³-hybridized carbons (Fsp3) is 0.818. The maximum Gasteiger partial charge on any atom is 0.160 e. The third-order valence-electron chi connectivity index (χ3n) is 1.94. The van der Waals surface area contributed by atoms with Gasteiger partial charge in [0, 0.05) is 26.7 Å². The molecule has 3 nitrogen and oxygen atoms in total. The van der Waals surface area contributed by atoms with Crippen LogP contribution in [0.15, 0.2) is 11.6 Å². The maximum atomic E-state index is 5.42. The van der Waals surface area contributed by atoms with Crippen molar-refractivity contribution in [2.75, 3.05) is 27.3 Å². The highest BCUT2D eigenvalue weighted by atomic mass is 16.7. The summed E-state index contributed by atoms with van der Waals surface area (Å²) in [5.74, 6) is 0. The fourth-order valence-electron chi connectivity index (χ4n) is 1.35. The van der Waals surface area contributed by atoms with E-state index in [-0.39, 0.29) is 6.29 Å². The quantitative estimate of drug-likeness (QED) is 0.481. The maximum absolute atomic E-state index is 5.42. The van der Waals surface area contributed by atoms with Gasteiger partial charge in [0.25, 0.3) is 0 Å². The lowest BCUT2D eigenvalue weighted by Gasteiger charge is -2.17. The van der Waals surface area contributed by atoms with Crippen molar-refractivity contribution in [1.82, 2.24) is 5.32 Å². The molecule has 1 N–H and O–H groups in total. The zero-order valence-corrected chi connectivity index (χ0v) is 9.80. The molecule has 0 saturated carbocycles. The van der Waals surface area contributed by atoms with Gasteiger partial charge >= 0.3 is 0 Å². The van der Waals surface area contributed by atoms with Crippen molar-refractivity contribution in [2.45, 2.75) is 33.0 Å². The summed E-state index contributed by atoms with van der Waals surface area (Å²) in [5.41, 5.74) is 1.34. The number of likely N-dealkylation sites (N-methyl/N-ethyl adjacent to an activating group) is 1. The highest BCUT2D eigenvalue weighted by Crippen LogP contribution is 2.09. The van der Waals surface area contributed by atoms with Crippen molar-refractivity contribution < 1.29 is 9.47 Å². The minimum absolute atomic E-state index is 0.105. The van der Waals surface area contributed by atoms with E-state index < -0.39 is 0 Å². The Bertz CT molecular complexity index is 157. The lowest BCUT2D eigenvalue weighted by atomic mass is 10.1. The van der Waals surface area contributed by atoms with E-state index in [9.17, 15) is 0 Å². The molecule has 0 bridgehead atoms. The van der Waals surface area contributed by atoms with E-state index in [0.717, 1.165) is 19.4 Å². The van der Waals surface area contributed by atoms with E-state index in [0.29, 0.717) is 6.61 Å². The lowest BCUT2D eigenvalue weighted by molar-refractivity contribution is -0.118. The highest BCUT2D eigenvalue weighted by Gasteiger charge is 2.08. The molecule has 1 atom stereocenters. The van der Waals surface area contributed by atoms with Gasteiger partial charge in [-0.25, -0.2) is 0 Å². The van der Waals surface area contributed by atoms with Crippen LogP contribution in [0.2, 0.25) is 0 Å². The minimum Gasteiger partial charge on any atom is -0.356 e. The molecule has 0 spiro atoms. The van der Waals surface area contributed by atoms with Crippen molar-refractivity contribution in [3.8, 4) is 0 Å². The van der Waals surface area contributed by atoms with Crippen molar-refractivity contribution in [3.63, 3.8) is 0 Å². The van der Waals surface area contributed by atoms with Crippen LogP contribution < -0.4 is 5.32 Å². The molecule has 0 aliphatic heterocycles. The van der Waals surface area contributed by atoms with Crippen LogP contribution in [0.1, 0.15) is 26.7 Å². The number of rotatable bonds is 8. The summed E-state index contributed by atoms with van der Waals surface area (Å²) in [4.78, 5) is 0. The number of methoxy groups -OCH3 is 1. The van der Waals surface area contributed by atoms with Crippen LogP contribution >= 0.6 is 0 Å². The highest BCUT2D eigenvalue weighted by molar-refractivity contribution is 5.04. The normalized spacial score (nSPS) is 14.4. The average Bonchev–Trinajstić information content (AvgIpc) is 2.18. The number of hydrogen-bond acceptors (Lipinski definition) is 3. The summed E-state index contributed by atoms with van der Waals surface area (Å²) < 4.78 is 10.6. The number of ether oxygens (including phenoxy) is 2. The summed E-state index contributed by atoms with van der Waals surface area (Å²) >= 11 is 0. The number of allylic oxidation sites excluding steroid dienone is 1. The van der Waals surface area contributed by atoms with Gasteiger partial charge in [0.1, 0.15) is 0 Å². The van der Waals surface area contributed by atoms with Crippen LogP contribution in [0.4, 0.5) is 0 Å². The van der Waals surface area contributed by atoms with Gasteiger partial charge in [0.15, 0.2) is 6.29 Å². The lowest BCUT2D eigenvalue weighted by Crippen LogP contribution is -2.20. The molecular weight excluding hydrogens is 178 g/mol. The fourth-order valence-corrected chi connectivity index (χ4v) is 1.35. The third kappa shape index (κ3) is 6.13. The predicted octanol–water partition coefficient (Wildman–Crippen LogP) is 1.94. The second-order valence-corrected chi connectivity index (χ2v) is 3.13. The van der Waals surface area contributed by atoms with Gasteiger partial charge in [-0.3, -0.25) is 0 Å². The molecule has 0 rings (SSSR count). The summed E-state index contributed by atoms with van der Waals surface area (Å²) in [5, 5.41) is 3.14. The van der Waals surface area contributed by atoms with E-state index in [2.05, 4.69) is 18.3 Å². The molecule has 0 amide bonds. The Labute approximate surface area is 87.5 Å².